The number of amides is 1. The highest BCUT2D eigenvalue weighted by molar-refractivity contribution is 5.84. The van der Waals surface area contributed by atoms with Crippen molar-refractivity contribution >= 4 is 12.1 Å². The molecule has 0 saturated heterocycles. The van der Waals surface area contributed by atoms with Crippen LogP contribution in [-0.2, 0) is 21.6 Å². The van der Waals surface area contributed by atoms with E-state index >= 15 is 0 Å². The second kappa shape index (κ2) is 8.24. The van der Waals surface area contributed by atoms with Crippen LogP contribution in [0.3, 0.4) is 0 Å². The van der Waals surface area contributed by atoms with E-state index in [1.165, 1.54) is 18.2 Å². The zero-order chi connectivity index (χ0) is 20.1. The van der Waals surface area contributed by atoms with Crippen LogP contribution in [0.5, 0.6) is 5.75 Å². The SMILES string of the molecule is O=C(NC1CC(C(=O)O)(c2ccccc2OC(F)F)C1)OCc1ccccc1. The predicted octanol–water partition coefficient (Wildman–Crippen LogP) is 3.70. The third kappa shape index (κ3) is 4.21. The van der Waals surface area contributed by atoms with Crippen LogP contribution in [0.4, 0.5) is 13.6 Å². The molecule has 8 heteroatoms. The maximum absolute atomic E-state index is 12.6. The van der Waals surface area contributed by atoms with Crippen LogP contribution >= 0.6 is 0 Å². The molecule has 0 atom stereocenters. The van der Waals surface area contributed by atoms with Crippen molar-refractivity contribution in [1.82, 2.24) is 5.32 Å². The van der Waals surface area contributed by atoms with E-state index in [-0.39, 0.29) is 30.8 Å². The lowest BCUT2D eigenvalue weighted by Gasteiger charge is -2.45. The Bertz CT molecular complexity index is 837. The molecule has 0 heterocycles. The summed E-state index contributed by atoms with van der Waals surface area (Å²) in [7, 11) is 0. The minimum atomic E-state index is -3.06. The number of para-hydroxylation sites is 1. The van der Waals surface area contributed by atoms with E-state index in [1.807, 2.05) is 30.3 Å². The molecular weight excluding hydrogens is 372 g/mol. The van der Waals surface area contributed by atoms with Crippen molar-refractivity contribution in [3.05, 3.63) is 65.7 Å². The summed E-state index contributed by atoms with van der Waals surface area (Å²) in [5, 5.41) is 12.3. The minimum absolute atomic E-state index is 0.0480. The lowest BCUT2D eigenvalue weighted by molar-refractivity contribution is -0.149. The highest BCUT2D eigenvalue weighted by Gasteiger charge is 2.53. The number of rotatable bonds is 7. The van der Waals surface area contributed by atoms with Gasteiger partial charge in [-0.05, 0) is 24.5 Å². The minimum Gasteiger partial charge on any atom is -0.481 e. The third-order valence-corrected chi connectivity index (χ3v) is 4.75. The van der Waals surface area contributed by atoms with Gasteiger partial charge in [-0.1, -0.05) is 48.5 Å². The van der Waals surface area contributed by atoms with Gasteiger partial charge in [-0.15, -0.1) is 0 Å². The van der Waals surface area contributed by atoms with Gasteiger partial charge in [0.05, 0.1) is 0 Å². The Morgan fingerprint density at radius 1 is 1.11 bits per heavy atom. The molecule has 1 aliphatic rings. The van der Waals surface area contributed by atoms with Crippen LogP contribution in [0.15, 0.2) is 54.6 Å². The molecule has 2 aromatic rings. The first-order valence-electron chi connectivity index (χ1n) is 8.65. The van der Waals surface area contributed by atoms with Gasteiger partial charge in [-0.2, -0.15) is 8.78 Å². The molecule has 3 rings (SSSR count). The average molecular weight is 391 g/mol. The molecule has 1 saturated carbocycles. The van der Waals surface area contributed by atoms with Crippen LogP contribution in [0.2, 0.25) is 0 Å². The van der Waals surface area contributed by atoms with Crippen LogP contribution in [0.25, 0.3) is 0 Å². The van der Waals surface area contributed by atoms with E-state index in [2.05, 4.69) is 10.1 Å². The standard InChI is InChI=1S/C20H19F2NO5/c21-18(22)28-16-9-5-4-8-15(16)20(17(24)25)10-14(11-20)23-19(26)27-12-13-6-2-1-3-7-13/h1-9,14,18H,10-12H2,(H,23,26)(H,24,25). The fourth-order valence-electron chi connectivity index (χ4n) is 3.39. The summed E-state index contributed by atoms with van der Waals surface area (Å²) >= 11 is 0. The summed E-state index contributed by atoms with van der Waals surface area (Å²) in [5.74, 6) is -1.33. The smallest absolute Gasteiger partial charge is 0.407 e. The number of alkyl halides is 2. The maximum atomic E-state index is 12.6. The Morgan fingerprint density at radius 3 is 2.39 bits per heavy atom. The van der Waals surface area contributed by atoms with Gasteiger partial charge in [0.2, 0.25) is 0 Å². The van der Waals surface area contributed by atoms with Crippen LogP contribution in [0.1, 0.15) is 24.0 Å². The number of benzene rings is 2. The number of hydrogen-bond acceptors (Lipinski definition) is 4. The molecule has 0 bridgehead atoms. The molecule has 148 valence electrons. The van der Waals surface area contributed by atoms with Crippen molar-refractivity contribution in [2.45, 2.75) is 37.5 Å². The summed E-state index contributed by atoms with van der Waals surface area (Å²) in [6, 6.07) is 14.5. The molecule has 1 fully saturated rings. The monoisotopic (exact) mass is 391 g/mol. The lowest BCUT2D eigenvalue weighted by Crippen LogP contribution is -2.57. The van der Waals surface area contributed by atoms with E-state index in [9.17, 15) is 23.5 Å². The topological polar surface area (TPSA) is 84.9 Å². The van der Waals surface area contributed by atoms with Gasteiger partial charge in [0.15, 0.2) is 0 Å². The Labute approximate surface area is 160 Å². The van der Waals surface area contributed by atoms with Gasteiger partial charge in [0, 0.05) is 11.6 Å². The van der Waals surface area contributed by atoms with Crippen molar-refractivity contribution in [2.75, 3.05) is 0 Å². The summed E-state index contributed by atoms with van der Waals surface area (Å²) in [6.45, 7) is -2.97. The van der Waals surface area contributed by atoms with Crippen LogP contribution in [0, 0.1) is 0 Å². The van der Waals surface area contributed by atoms with Crippen molar-refractivity contribution in [3.63, 3.8) is 0 Å². The molecule has 1 aliphatic carbocycles. The molecule has 0 spiro atoms. The number of carbonyl (C=O) groups excluding carboxylic acids is 1. The second-order valence-electron chi connectivity index (χ2n) is 6.57. The van der Waals surface area contributed by atoms with Gasteiger partial charge >= 0.3 is 18.7 Å². The Balaban J connectivity index is 1.63. The van der Waals surface area contributed by atoms with E-state index in [4.69, 9.17) is 4.74 Å². The van der Waals surface area contributed by atoms with E-state index in [0.717, 1.165) is 5.56 Å². The van der Waals surface area contributed by atoms with Gasteiger partial charge in [0.25, 0.3) is 0 Å². The fraction of sp³-hybridized carbons (Fsp3) is 0.300. The first kappa shape index (κ1) is 19.6. The number of carboxylic acid groups (broad SMARTS) is 1. The van der Waals surface area contributed by atoms with Crippen molar-refractivity contribution in [2.24, 2.45) is 0 Å². The molecule has 0 unspecified atom stereocenters. The summed E-state index contributed by atoms with van der Waals surface area (Å²) in [6.07, 6.45) is -0.566. The van der Waals surface area contributed by atoms with Gasteiger partial charge in [0.1, 0.15) is 17.8 Å². The van der Waals surface area contributed by atoms with Crippen LogP contribution in [-0.4, -0.2) is 29.8 Å². The largest absolute Gasteiger partial charge is 0.481 e. The van der Waals surface area contributed by atoms with E-state index in [1.54, 1.807) is 6.07 Å². The number of hydrogen-bond donors (Lipinski definition) is 2. The van der Waals surface area contributed by atoms with E-state index < -0.39 is 30.1 Å². The number of nitrogens with one attached hydrogen (secondary N) is 1. The molecule has 2 aromatic carbocycles. The van der Waals surface area contributed by atoms with Crippen molar-refractivity contribution in [1.29, 1.82) is 0 Å². The molecule has 0 radical (unpaired) electrons. The number of carbonyl (C=O) groups is 2. The van der Waals surface area contributed by atoms with Crippen molar-refractivity contribution in [3.8, 4) is 5.75 Å². The number of alkyl carbamates (subject to hydrolysis) is 1. The molecule has 1 amide bonds. The average Bonchev–Trinajstić information content (AvgIpc) is 2.63. The first-order chi connectivity index (χ1) is 13.4. The molecule has 6 nitrogen and oxygen atoms in total. The second-order valence-corrected chi connectivity index (χ2v) is 6.57. The summed E-state index contributed by atoms with van der Waals surface area (Å²) < 4.78 is 34.9. The van der Waals surface area contributed by atoms with E-state index in [0.29, 0.717) is 0 Å². The lowest BCUT2D eigenvalue weighted by atomic mass is 9.61. The molecule has 0 aromatic heterocycles. The Morgan fingerprint density at radius 2 is 1.75 bits per heavy atom. The van der Waals surface area contributed by atoms with Gasteiger partial charge < -0.3 is 19.9 Å². The number of carboxylic acids is 1. The Kier molecular flexibility index (Phi) is 5.77. The number of halogens is 2. The zero-order valence-corrected chi connectivity index (χ0v) is 14.8. The van der Waals surface area contributed by atoms with Crippen LogP contribution < -0.4 is 10.1 Å². The quantitative estimate of drug-likeness (QED) is 0.752. The molecular formula is C20H19F2NO5. The van der Waals surface area contributed by atoms with Gasteiger partial charge in [-0.25, -0.2) is 4.79 Å². The van der Waals surface area contributed by atoms with Gasteiger partial charge in [-0.3, -0.25) is 4.79 Å². The summed E-state index contributed by atoms with van der Waals surface area (Å²) in [4.78, 5) is 23.8. The summed E-state index contributed by atoms with van der Waals surface area (Å²) in [5.41, 5.74) is -0.411. The zero-order valence-electron chi connectivity index (χ0n) is 14.8. The highest BCUT2D eigenvalue weighted by Crippen LogP contribution is 2.47. The molecule has 28 heavy (non-hydrogen) atoms. The first-order valence-corrected chi connectivity index (χ1v) is 8.65. The highest BCUT2D eigenvalue weighted by atomic mass is 19.3. The van der Waals surface area contributed by atoms with Crippen molar-refractivity contribution < 1.29 is 33.0 Å². The number of ether oxygens (including phenoxy) is 2. The molecule has 0 aliphatic heterocycles. The maximum Gasteiger partial charge on any atom is 0.407 e. The predicted molar refractivity (Wildman–Crippen MR) is 95.2 cm³/mol. The third-order valence-electron chi connectivity index (χ3n) is 4.75. The molecule has 2 N–H and O–H groups in total. The Hall–Kier alpha value is -3.16. The normalized spacial score (nSPS) is 20.9. The number of aliphatic carboxylic acids is 1. The fourth-order valence-corrected chi connectivity index (χ4v) is 3.39.